The number of anilines is 1. The first-order valence-electron chi connectivity index (χ1n) is 12.3. The van der Waals surface area contributed by atoms with Gasteiger partial charge in [-0.25, -0.2) is 13.8 Å². The normalized spacial score (nSPS) is 18.2. The van der Waals surface area contributed by atoms with Crippen LogP contribution in [0.1, 0.15) is 47.8 Å². The summed E-state index contributed by atoms with van der Waals surface area (Å²) in [7, 11) is 0. The summed E-state index contributed by atoms with van der Waals surface area (Å²) in [6, 6.07) is 5.55. The second-order valence-corrected chi connectivity index (χ2v) is 9.62. The number of amides is 2. The van der Waals surface area contributed by atoms with Gasteiger partial charge < -0.3 is 18.9 Å². The standard InChI is InChI=1S/C26H26ClF2N5O4/c1-2-22(35)33-8-4-3-5-16(12-33)34-23-19(27)10-17(38-18-13-37-14-18)11-20(23)31-26(34)32-25(36)15-6-7-30-21(9-15)24(28)29/h2,6-7,9-11,16,18,24H,1,3-5,8,12-14H2,(H,31,32,36). The minimum absolute atomic E-state index is 0.0123. The molecule has 1 unspecified atom stereocenters. The van der Waals surface area contributed by atoms with Gasteiger partial charge in [-0.3, -0.25) is 19.9 Å². The van der Waals surface area contributed by atoms with Gasteiger partial charge >= 0.3 is 0 Å². The van der Waals surface area contributed by atoms with E-state index in [4.69, 9.17) is 21.1 Å². The first kappa shape index (κ1) is 26.1. The van der Waals surface area contributed by atoms with Crippen molar-refractivity contribution >= 4 is 40.4 Å². The molecule has 0 spiro atoms. The Morgan fingerprint density at radius 3 is 2.79 bits per heavy atom. The molecule has 2 saturated heterocycles. The van der Waals surface area contributed by atoms with Gasteiger partial charge in [-0.2, -0.15) is 0 Å². The van der Waals surface area contributed by atoms with E-state index >= 15 is 0 Å². The Hall–Kier alpha value is -3.57. The number of rotatable bonds is 7. The smallest absolute Gasteiger partial charge is 0.280 e. The topological polar surface area (TPSA) is 98.6 Å². The highest BCUT2D eigenvalue weighted by atomic mass is 35.5. The quantitative estimate of drug-likeness (QED) is 0.429. The lowest BCUT2D eigenvalue weighted by Gasteiger charge is -2.27. The van der Waals surface area contributed by atoms with Gasteiger partial charge in [0.25, 0.3) is 12.3 Å². The van der Waals surface area contributed by atoms with Crippen LogP contribution in [0.4, 0.5) is 14.7 Å². The van der Waals surface area contributed by atoms with Crippen molar-refractivity contribution in [2.75, 3.05) is 31.6 Å². The molecule has 2 aromatic heterocycles. The van der Waals surface area contributed by atoms with Crippen molar-refractivity contribution in [1.29, 1.82) is 0 Å². The number of halogens is 3. The molecule has 0 bridgehead atoms. The van der Waals surface area contributed by atoms with E-state index in [1.807, 2.05) is 4.57 Å². The molecule has 4 heterocycles. The number of fused-ring (bicyclic) bond motifs is 1. The molecule has 1 atom stereocenters. The first-order valence-corrected chi connectivity index (χ1v) is 12.6. The number of likely N-dealkylation sites (tertiary alicyclic amines) is 1. The fraction of sp³-hybridized carbons (Fsp3) is 0.385. The fourth-order valence-corrected chi connectivity index (χ4v) is 4.98. The lowest BCUT2D eigenvalue weighted by molar-refractivity contribution is -0.126. The third-order valence-electron chi connectivity index (χ3n) is 6.61. The summed E-state index contributed by atoms with van der Waals surface area (Å²) >= 11 is 6.75. The highest BCUT2D eigenvalue weighted by Crippen LogP contribution is 2.37. The molecular weight excluding hydrogens is 520 g/mol. The fourth-order valence-electron chi connectivity index (χ4n) is 4.69. The molecule has 38 heavy (non-hydrogen) atoms. The van der Waals surface area contributed by atoms with Crippen LogP contribution < -0.4 is 10.1 Å². The first-order chi connectivity index (χ1) is 18.3. The average molecular weight is 546 g/mol. The van der Waals surface area contributed by atoms with Crippen LogP contribution in [0, 0.1) is 0 Å². The maximum atomic E-state index is 13.2. The van der Waals surface area contributed by atoms with Crippen molar-refractivity contribution in [2.24, 2.45) is 0 Å². The number of nitrogens with zero attached hydrogens (tertiary/aromatic N) is 4. The summed E-state index contributed by atoms with van der Waals surface area (Å²) < 4.78 is 39.2. The van der Waals surface area contributed by atoms with E-state index in [0.717, 1.165) is 25.1 Å². The number of aromatic nitrogens is 3. The molecule has 9 nitrogen and oxygen atoms in total. The third kappa shape index (κ3) is 5.34. The Labute approximate surface area is 222 Å². The minimum atomic E-state index is -2.81. The van der Waals surface area contributed by atoms with E-state index in [1.54, 1.807) is 17.0 Å². The number of carbonyl (C=O) groups excluding carboxylic acids is 2. The molecule has 0 saturated carbocycles. The van der Waals surface area contributed by atoms with Gasteiger partial charge in [0.15, 0.2) is 0 Å². The van der Waals surface area contributed by atoms with Gasteiger partial charge in [0.2, 0.25) is 11.9 Å². The molecule has 12 heteroatoms. The Morgan fingerprint density at radius 1 is 1.26 bits per heavy atom. The number of pyridine rings is 1. The van der Waals surface area contributed by atoms with E-state index in [1.165, 1.54) is 12.1 Å². The Morgan fingerprint density at radius 2 is 2.08 bits per heavy atom. The molecule has 1 N–H and O–H groups in total. The largest absolute Gasteiger partial charge is 0.485 e. The summed E-state index contributed by atoms with van der Waals surface area (Å²) in [6.45, 7) is 5.50. The van der Waals surface area contributed by atoms with Crippen LogP contribution in [0.15, 0.2) is 43.1 Å². The number of carbonyl (C=O) groups is 2. The number of hydrogen-bond donors (Lipinski definition) is 1. The molecule has 2 aliphatic heterocycles. The average Bonchev–Trinajstić information content (AvgIpc) is 3.06. The molecule has 5 rings (SSSR count). The van der Waals surface area contributed by atoms with Crippen molar-refractivity contribution in [1.82, 2.24) is 19.4 Å². The second kappa shape index (κ2) is 11.0. The van der Waals surface area contributed by atoms with Gasteiger partial charge in [-0.15, -0.1) is 0 Å². The lowest BCUT2D eigenvalue weighted by atomic mass is 10.1. The molecule has 2 fully saturated rings. The predicted octanol–water partition coefficient (Wildman–Crippen LogP) is 4.79. The monoisotopic (exact) mass is 545 g/mol. The molecule has 0 aliphatic carbocycles. The van der Waals surface area contributed by atoms with Crippen molar-refractivity contribution in [3.05, 3.63) is 59.4 Å². The lowest BCUT2D eigenvalue weighted by Crippen LogP contribution is -2.38. The highest BCUT2D eigenvalue weighted by molar-refractivity contribution is 6.35. The highest BCUT2D eigenvalue weighted by Gasteiger charge is 2.29. The van der Waals surface area contributed by atoms with Crippen molar-refractivity contribution < 1.29 is 27.8 Å². The number of nitrogens with one attached hydrogen (secondary N) is 1. The van der Waals surface area contributed by atoms with Crippen LogP contribution in [-0.4, -0.2) is 63.7 Å². The van der Waals surface area contributed by atoms with Crippen molar-refractivity contribution in [3.63, 3.8) is 0 Å². The number of benzene rings is 1. The molecular formula is C26H26ClF2N5O4. The summed E-state index contributed by atoms with van der Waals surface area (Å²) in [5.74, 6) is -0.117. The van der Waals surface area contributed by atoms with Crippen LogP contribution in [-0.2, 0) is 9.53 Å². The van der Waals surface area contributed by atoms with Crippen LogP contribution in [0.5, 0.6) is 5.75 Å². The summed E-state index contributed by atoms with van der Waals surface area (Å²) in [5, 5.41) is 3.13. The number of imidazole rings is 1. The van der Waals surface area contributed by atoms with Gasteiger partial charge in [-0.05, 0) is 37.5 Å². The van der Waals surface area contributed by atoms with E-state index in [9.17, 15) is 18.4 Å². The predicted molar refractivity (Wildman–Crippen MR) is 137 cm³/mol. The third-order valence-corrected chi connectivity index (χ3v) is 6.90. The molecule has 3 aromatic rings. The zero-order chi connectivity index (χ0) is 26.8. The van der Waals surface area contributed by atoms with E-state index in [0.29, 0.717) is 54.5 Å². The minimum Gasteiger partial charge on any atom is -0.485 e. The summed E-state index contributed by atoms with van der Waals surface area (Å²) in [5.41, 5.74) is 0.564. The molecule has 0 radical (unpaired) electrons. The SMILES string of the molecule is C=CC(=O)N1CCCCC(n2c(NC(=O)c3ccnc(C(F)F)c3)nc3cc(OC4COC4)cc(Cl)c32)C1. The molecule has 2 amide bonds. The maximum absolute atomic E-state index is 13.2. The van der Waals surface area contributed by atoms with Crippen LogP contribution in [0.3, 0.4) is 0 Å². The van der Waals surface area contributed by atoms with E-state index in [-0.39, 0.29) is 29.6 Å². The zero-order valence-electron chi connectivity index (χ0n) is 20.4. The summed E-state index contributed by atoms with van der Waals surface area (Å²) in [4.78, 5) is 35.6. The van der Waals surface area contributed by atoms with Crippen LogP contribution in [0.25, 0.3) is 11.0 Å². The second-order valence-electron chi connectivity index (χ2n) is 9.22. The van der Waals surface area contributed by atoms with E-state index in [2.05, 4.69) is 21.9 Å². The Balaban J connectivity index is 1.56. The summed E-state index contributed by atoms with van der Waals surface area (Å²) in [6.07, 6.45) is 1.89. The maximum Gasteiger partial charge on any atom is 0.280 e. The Kier molecular flexibility index (Phi) is 7.57. The van der Waals surface area contributed by atoms with Gasteiger partial charge in [0.05, 0.1) is 35.3 Å². The number of hydrogen-bond acceptors (Lipinski definition) is 6. The van der Waals surface area contributed by atoms with Gasteiger partial charge in [0, 0.05) is 37.0 Å². The zero-order valence-corrected chi connectivity index (χ0v) is 21.2. The van der Waals surface area contributed by atoms with Crippen LogP contribution >= 0.6 is 11.6 Å². The molecule has 1 aromatic carbocycles. The Bertz CT molecular complexity index is 1380. The molecule has 2 aliphatic rings. The molecule has 200 valence electrons. The van der Waals surface area contributed by atoms with E-state index < -0.39 is 18.0 Å². The van der Waals surface area contributed by atoms with Crippen molar-refractivity contribution in [2.45, 2.75) is 37.8 Å². The van der Waals surface area contributed by atoms with Crippen LogP contribution in [0.2, 0.25) is 5.02 Å². The number of ether oxygens (including phenoxy) is 2. The van der Waals surface area contributed by atoms with Gasteiger partial charge in [0.1, 0.15) is 17.5 Å². The van der Waals surface area contributed by atoms with Gasteiger partial charge in [-0.1, -0.05) is 18.2 Å². The number of alkyl halides is 2. The van der Waals surface area contributed by atoms with Crippen molar-refractivity contribution in [3.8, 4) is 5.75 Å².